The van der Waals surface area contributed by atoms with Crippen LogP contribution < -0.4 is 4.74 Å². The molecule has 2 aromatic rings. The van der Waals surface area contributed by atoms with Crippen LogP contribution in [-0.4, -0.2) is 4.98 Å². The third-order valence-electron chi connectivity index (χ3n) is 2.96. The molecule has 0 fully saturated rings. The number of ether oxygens (including phenoxy) is 1. The Balaban J connectivity index is 2.34. The highest BCUT2D eigenvalue weighted by Gasteiger charge is 2.10. The van der Waals surface area contributed by atoms with Crippen molar-refractivity contribution >= 4 is 0 Å². The molecule has 19 heavy (non-hydrogen) atoms. The van der Waals surface area contributed by atoms with Gasteiger partial charge in [-0.1, -0.05) is 19.1 Å². The largest absolute Gasteiger partial charge is 0.456 e. The fourth-order valence-electron chi connectivity index (χ4n) is 1.93. The smallest absolute Gasteiger partial charge is 0.148 e. The molecule has 0 aliphatic rings. The second-order valence-corrected chi connectivity index (χ2v) is 4.43. The lowest BCUT2D eigenvalue weighted by Gasteiger charge is -2.10. The predicted octanol–water partition coefficient (Wildman–Crippen LogP) is 3.92. The number of benzene rings is 1. The van der Waals surface area contributed by atoms with Crippen LogP contribution in [0.2, 0.25) is 0 Å². The zero-order chi connectivity index (χ0) is 13.8. The minimum atomic E-state index is 0.491. The lowest BCUT2D eigenvalue weighted by Crippen LogP contribution is -1.96. The molecule has 1 aromatic carbocycles. The van der Waals surface area contributed by atoms with Crippen molar-refractivity contribution in [2.24, 2.45) is 0 Å². The van der Waals surface area contributed by atoms with Crippen LogP contribution in [0.5, 0.6) is 11.5 Å². The van der Waals surface area contributed by atoms with Gasteiger partial charge in [0.15, 0.2) is 0 Å². The quantitative estimate of drug-likeness (QED) is 0.831. The van der Waals surface area contributed by atoms with Gasteiger partial charge in [-0.2, -0.15) is 5.26 Å². The van der Waals surface area contributed by atoms with Crippen LogP contribution in [-0.2, 0) is 6.42 Å². The Morgan fingerprint density at radius 2 is 1.89 bits per heavy atom. The van der Waals surface area contributed by atoms with Crippen LogP contribution in [0.15, 0.2) is 30.3 Å². The van der Waals surface area contributed by atoms with Crippen molar-refractivity contribution < 1.29 is 4.74 Å². The summed E-state index contributed by atoms with van der Waals surface area (Å²) in [5.41, 5.74) is 3.29. The van der Waals surface area contributed by atoms with Gasteiger partial charge >= 0.3 is 0 Å². The topological polar surface area (TPSA) is 45.9 Å². The average molecular weight is 252 g/mol. The number of aromatic nitrogens is 1. The van der Waals surface area contributed by atoms with E-state index < -0.39 is 0 Å². The maximum Gasteiger partial charge on any atom is 0.148 e. The Morgan fingerprint density at radius 3 is 2.47 bits per heavy atom. The van der Waals surface area contributed by atoms with Gasteiger partial charge in [0.2, 0.25) is 0 Å². The zero-order valence-electron chi connectivity index (χ0n) is 11.4. The molecule has 0 spiro atoms. The number of nitrogens with zero attached hydrogens (tertiary/aromatic N) is 2. The molecule has 0 N–H and O–H groups in total. The summed E-state index contributed by atoms with van der Waals surface area (Å²) in [6.45, 7) is 5.82. The van der Waals surface area contributed by atoms with Gasteiger partial charge < -0.3 is 4.74 Å². The lowest BCUT2D eigenvalue weighted by atomic mass is 10.1. The van der Waals surface area contributed by atoms with Gasteiger partial charge in [-0.15, -0.1) is 0 Å². The van der Waals surface area contributed by atoms with Crippen molar-refractivity contribution in [3.05, 3.63) is 52.8 Å². The van der Waals surface area contributed by atoms with Gasteiger partial charge in [-0.05, 0) is 38.0 Å². The molecule has 0 aliphatic carbocycles. The van der Waals surface area contributed by atoms with Crippen molar-refractivity contribution in [3.8, 4) is 17.6 Å². The maximum atomic E-state index is 9.18. The standard InChI is InChI=1S/C16H16N2O/c1-4-13-5-7-14(8-6-13)19-16-9-11(2)18-12(3)15(16)10-17/h5-9H,4H2,1-3H3. The van der Waals surface area contributed by atoms with Crippen LogP contribution in [0.25, 0.3) is 0 Å². The average Bonchev–Trinajstić information content (AvgIpc) is 2.39. The Bertz CT molecular complexity index is 624. The molecule has 0 radical (unpaired) electrons. The van der Waals surface area contributed by atoms with Crippen LogP contribution in [0.3, 0.4) is 0 Å². The molecule has 0 amide bonds. The highest BCUT2D eigenvalue weighted by Crippen LogP contribution is 2.27. The number of aryl methyl sites for hydroxylation is 3. The Kier molecular flexibility index (Phi) is 3.82. The monoisotopic (exact) mass is 252 g/mol. The van der Waals surface area contributed by atoms with E-state index in [2.05, 4.69) is 18.0 Å². The molecular weight excluding hydrogens is 236 g/mol. The lowest BCUT2D eigenvalue weighted by molar-refractivity contribution is 0.479. The normalized spacial score (nSPS) is 10.0. The first kappa shape index (κ1) is 13.1. The van der Waals surface area contributed by atoms with Crippen LogP contribution >= 0.6 is 0 Å². The number of hydrogen-bond donors (Lipinski definition) is 0. The molecule has 0 saturated carbocycles. The summed E-state index contributed by atoms with van der Waals surface area (Å²) < 4.78 is 5.80. The van der Waals surface area contributed by atoms with Gasteiger partial charge in [0.25, 0.3) is 0 Å². The van der Waals surface area contributed by atoms with E-state index in [1.54, 1.807) is 6.07 Å². The molecule has 3 heteroatoms. The highest BCUT2D eigenvalue weighted by molar-refractivity contribution is 5.48. The Labute approximate surface area is 113 Å². The van der Waals surface area contributed by atoms with Gasteiger partial charge in [0.05, 0.1) is 5.69 Å². The summed E-state index contributed by atoms with van der Waals surface area (Å²) in [7, 11) is 0. The number of rotatable bonds is 3. The van der Waals surface area contributed by atoms with Crippen molar-refractivity contribution in [1.29, 1.82) is 5.26 Å². The molecular formula is C16H16N2O. The third-order valence-corrected chi connectivity index (χ3v) is 2.96. The molecule has 0 bridgehead atoms. The van der Waals surface area contributed by atoms with Crippen molar-refractivity contribution in [1.82, 2.24) is 4.98 Å². The Hall–Kier alpha value is -2.34. The maximum absolute atomic E-state index is 9.18. The van der Waals surface area contributed by atoms with Crippen LogP contribution in [0.1, 0.15) is 29.4 Å². The second kappa shape index (κ2) is 5.53. The van der Waals surface area contributed by atoms with E-state index in [1.807, 2.05) is 38.1 Å². The summed E-state index contributed by atoms with van der Waals surface area (Å²) in [6.07, 6.45) is 0.997. The first-order chi connectivity index (χ1) is 9.13. The molecule has 0 saturated heterocycles. The highest BCUT2D eigenvalue weighted by atomic mass is 16.5. The third kappa shape index (κ3) is 2.92. The summed E-state index contributed by atoms with van der Waals surface area (Å²) in [5.74, 6) is 1.30. The Morgan fingerprint density at radius 1 is 1.21 bits per heavy atom. The molecule has 0 atom stereocenters. The van der Waals surface area contributed by atoms with Gasteiger partial charge in [-0.25, -0.2) is 0 Å². The fourth-order valence-corrected chi connectivity index (χ4v) is 1.93. The van der Waals surface area contributed by atoms with E-state index in [9.17, 15) is 5.26 Å². The van der Waals surface area contributed by atoms with E-state index in [-0.39, 0.29) is 0 Å². The van der Waals surface area contributed by atoms with Gasteiger partial charge in [0, 0.05) is 11.8 Å². The first-order valence-electron chi connectivity index (χ1n) is 6.29. The van der Waals surface area contributed by atoms with Gasteiger partial charge in [0.1, 0.15) is 23.1 Å². The minimum Gasteiger partial charge on any atom is -0.456 e. The van der Waals surface area contributed by atoms with Crippen molar-refractivity contribution in [2.45, 2.75) is 27.2 Å². The van der Waals surface area contributed by atoms with Gasteiger partial charge in [-0.3, -0.25) is 4.98 Å². The molecule has 1 heterocycles. The first-order valence-corrected chi connectivity index (χ1v) is 6.29. The van der Waals surface area contributed by atoms with Crippen LogP contribution in [0, 0.1) is 25.2 Å². The molecule has 0 unspecified atom stereocenters. The molecule has 3 nitrogen and oxygen atoms in total. The molecule has 1 aromatic heterocycles. The number of hydrogen-bond acceptors (Lipinski definition) is 3. The molecule has 96 valence electrons. The van der Waals surface area contributed by atoms with E-state index in [0.717, 1.165) is 17.9 Å². The van der Waals surface area contributed by atoms with Crippen molar-refractivity contribution in [2.75, 3.05) is 0 Å². The van der Waals surface area contributed by atoms with Crippen LogP contribution in [0.4, 0.5) is 0 Å². The molecule has 0 aliphatic heterocycles. The second-order valence-electron chi connectivity index (χ2n) is 4.43. The minimum absolute atomic E-state index is 0.491. The number of nitriles is 1. The van der Waals surface area contributed by atoms with E-state index in [0.29, 0.717) is 17.0 Å². The van der Waals surface area contributed by atoms with E-state index in [1.165, 1.54) is 5.56 Å². The van der Waals surface area contributed by atoms with E-state index in [4.69, 9.17) is 4.74 Å². The number of pyridine rings is 1. The molecule has 2 rings (SSSR count). The summed E-state index contributed by atoms with van der Waals surface area (Å²) in [4.78, 5) is 4.27. The predicted molar refractivity (Wildman–Crippen MR) is 74.3 cm³/mol. The summed E-state index contributed by atoms with van der Waals surface area (Å²) in [5, 5.41) is 9.18. The zero-order valence-corrected chi connectivity index (χ0v) is 11.4. The fraction of sp³-hybridized carbons (Fsp3) is 0.250. The van der Waals surface area contributed by atoms with Crippen molar-refractivity contribution in [3.63, 3.8) is 0 Å². The summed E-state index contributed by atoms with van der Waals surface area (Å²) in [6, 6.07) is 11.8. The van der Waals surface area contributed by atoms with E-state index >= 15 is 0 Å². The SMILES string of the molecule is CCc1ccc(Oc2cc(C)nc(C)c2C#N)cc1. The summed E-state index contributed by atoms with van der Waals surface area (Å²) >= 11 is 0.